The minimum atomic E-state index is -0.391. The van der Waals surface area contributed by atoms with Crippen LogP contribution in [0, 0.1) is 16.0 Å². The van der Waals surface area contributed by atoms with Crippen LogP contribution in [0.15, 0.2) is 24.3 Å². The Bertz CT molecular complexity index is 611. The quantitative estimate of drug-likeness (QED) is 0.674. The SMILES string of the molecule is CC1CCCC(NC(=O)N2CCN(c3ccc([N+](=O)[O-])cc3)CC2)C1. The molecule has 136 valence electrons. The number of nitro groups is 1. The van der Waals surface area contributed by atoms with Gasteiger partial charge in [0.25, 0.3) is 5.69 Å². The Balaban J connectivity index is 1.49. The summed E-state index contributed by atoms with van der Waals surface area (Å²) < 4.78 is 0. The van der Waals surface area contributed by atoms with Gasteiger partial charge in [0.05, 0.1) is 4.92 Å². The number of hydrogen-bond donors (Lipinski definition) is 1. The first kappa shape index (κ1) is 17.5. The van der Waals surface area contributed by atoms with E-state index in [0.29, 0.717) is 25.0 Å². The number of nitro benzene ring substituents is 1. The highest BCUT2D eigenvalue weighted by atomic mass is 16.6. The summed E-state index contributed by atoms with van der Waals surface area (Å²) in [5.74, 6) is 0.693. The number of amides is 2. The van der Waals surface area contributed by atoms with Gasteiger partial charge in [-0.05, 0) is 30.9 Å². The van der Waals surface area contributed by atoms with Crippen molar-refractivity contribution in [2.24, 2.45) is 5.92 Å². The van der Waals surface area contributed by atoms with Gasteiger partial charge in [-0.1, -0.05) is 19.8 Å². The Morgan fingerprint density at radius 2 is 1.84 bits per heavy atom. The molecule has 2 amide bonds. The Morgan fingerprint density at radius 3 is 2.44 bits per heavy atom. The molecule has 0 aromatic heterocycles. The number of nitrogens with one attached hydrogen (secondary N) is 1. The minimum Gasteiger partial charge on any atom is -0.368 e. The molecule has 2 fully saturated rings. The smallest absolute Gasteiger partial charge is 0.317 e. The third-order valence-corrected chi connectivity index (χ3v) is 5.26. The van der Waals surface area contributed by atoms with Crippen molar-refractivity contribution in [3.05, 3.63) is 34.4 Å². The molecule has 0 radical (unpaired) electrons. The van der Waals surface area contributed by atoms with Gasteiger partial charge in [-0.3, -0.25) is 10.1 Å². The Kier molecular flexibility index (Phi) is 5.40. The Labute approximate surface area is 148 Å². The van der Waals surface area contributed by atoms with Gasteiger partial charge in [-0.25, -0.2) is 4.79 Å². The van der Waals surface area contributed by atoms with Crippen molar-refractivity contribution in [3.63, 3.8) is 0 Å². The molecule has 1 heterocycles. The summed E-state index contributed by atoms with van der Waals surface area (Å²) in [6, 6.07) is 6.96. The molecule has 2 unspecified atom stereocenters. The van der Waals surface area contributed by atoms with Crippen molar-refractivity contribution < 1.29 is 9.72 Å². The summed E-state index contributed by atoms with van der Waals surface area (Å²) in [6.07, 6.45) is 4.62. The van der Waals surface area contributed by atoms with Gasteiger partial charge in [-0.15, -0.1) is 0 Å². The van der Waals surface area contributed by atoms with Crippen LogP contribution in [0.1, 0.15) is 32.6 Å². The van der Waals surface area contributed by atoms with Crippen molar-refractivity contribution in [2.75, 3.05) is 31.1 Å². The number of carbonyl (C=O) groups excluding carboxylic acids is 1. The molecule has 7 heteroatoms. The number of carbonyl (C=O) groups is 1. The molecular formula is C18H26N4O3. The summed E-state index contributed by atoms with van der Waals surface area (Å²) >= 11 is 0. The fourth-order valence-corrected chi connectivity index (χ4v) is 3.78. The number of urea groups is 1. The van der Waals surface area contributed by atoms with Crippen LogP contribution >= 0.6 is 0 Å². The van der Waals surface area contributed by atoms with Gasteiger partial charge in [0.15, 0.2) is 0 Å². The van der Waals surface area contributed by atoms with Crippen molar-refractivity contribution >= 4 is 17.4 Å². The highest BCUT2D eigenvalue weighted by Gasteiger charge is 2.25. The fourth-order valence-electron chi connectivity index (χ4n) is 3.78. The lowest BCUT2D eigenvalue weighted by Crippen LogP contribution is -2.54. The summed E-state index contributed by atoms with van der Waals surface area (Å²) in [7, 11) is 0. The van der Waals surface area contributed by atoms with Crippen LogP contribution in [0.4, 0.5) is 16.2 Å². The normalized spacial score (nSPS) is 24.0. The predicted octanol–water partition coefficient (Wildman–Crippen LogP) is 3.01. The second kappa shape index (κ2) is 7.72. The van der Waals surface area contributed by atoms with E-state index in [0.717, 1.165) is 31.6 Å². The lowest BCUT2D eigenvalue weighted by molar-refractivity contribution is -0.384. The van der Waals surface area contributed by atoms with Crippen molar-refractivity contribution in [1.29, 1.82) is 0 Å². The van der Waals surface area contributed by atoms with E-state index < -0.39 is 4.92 Å². The van der Waals surface area contributed by atoms with Crippen LogP contribution < -0.4 is 10.2 Å². The molecule has 1 aliphatic carbocycles. The standard InChI is InChI=1S/C18H26N4O3/c1-14-3-2-4-15(13-14)19-18(23)21-11-9-20(10-12-21)16-5-7-17(8-6-16)22(24)25/h5-8,14-15H,2-4,9-13H2,1H3,(H,19,23). The third-order valence-electron chi connectivity index (χ3n) is 5.26. The predicted molar refractivity (Wildman–Crippen MR) is 96.8 cm³/mol. The fraction of sp³-hybridized carbons (Fsp3) is 0.611. The number of non-ortho nitro benzene ring substituents is 1. The van der Waals surface area contributed by atoms with E-state index in [-0.39, 0.29) is 11.7 Å². The molecule has 3 rings (SSSR count). The number of piperazine rings is 1. The number of rotatable bonds is 3. The largest absolute Gasteiger partial charge is 0.368 e. The van der Waals surface area contributed by atoms with E-state index in [2.05, 4.69) is 17.1 Å². The first-order valence-corrected chi connectivity index (χ1v) is 9.08. The zero-order valence-electron chi connectivity index (χ0n) is 14.7. The van der Waals surface area contributed by atoms with Crippen LogP contribution in [0.3, 0.4) is 0 Å². The molecule has 0 spiro atoms. The first-order valence-electron chi connectivity index (χ1n) is 9.08. The lowest BCUT2D eigenvalue weighted by atomic mass is 9.87. The minimum absolute atomic E-state index is 0.0439. The molecule has 1 aromatic carbocycles. The summed E-state index contributed by atoms with van der Waals surface area (Å²) in [5, 5.41) is 13.9. The van der Waals surface area contributed by atoms with Crippen LogP contribution in [-0.2, 0) is 0 Å². The Hall–Kier alpha value is -2.31. The maximum Gasteiger partial charge on any atom is 0.317 e. The number of benzene rings is 1. The summed E-state index contributed by atoms with van der Waals surface area (Å²) in [4.78, 5) is 26.8. The van der Waals surface area contributed by atoms with Gasteiger partial charge in [0, 0.05) is 50.0 Å². The van der Waals surface area contributed by atoms with Crippen LogP contribution in [-0.4, -0.2) is 48.1 Å². The first-order chi connectivity index (χ1) is 12.0. The van der Waals surface area contributed by atoms with Crippen molar-refractivity contribution in [1.82, 2.24) is 10.2 Å². The maximum absolute atomic E-state index is 12.5. The molecule has 2 atom stereocenters. The molecule has 1 aliphatic heterocycles. The van der Waals surface area contributed by atoms with Crippen LogP contribution in [0.2, 0.25) is 0 Å². The van der Waals surface area contributed by atoms with E-state index in [1.54, 1.807) is 12.1 Å². The second-order valence-electron chi connectivity index (χ2n) is 7.17. The average molecular weight is 346 g/mol. The van der Waals surface area contributed by atoms with E-state index in [4.69, 9.17) is 0 Å². The lowest BCUT2D eigenvalue weighted by Gasteiger charge is -2.37. The van der Waals surface area contributed by atoms with Crippen molar-refractivity contribution in [3.8, 4) is 0 Å². The number of nitrogens with zero attached hydrogens (tertiary/aromatic N) is 3. The van der Waals surface area contributed by atoms with E-state index in [9.17, 15) is 14.9 Å². The molecule has 0 bridgehead atoms. The number of hydrogen-bond acceptors (Lipinski definition) is 4. The highest BCUT2D eigenvalue weighted by Crippen LogP contribution is 2.24. The van der Waals surface area contributed by atoms with E-state index >= 15 is 0 Å². The highest BCUT2D eigenvalue weighted by molar-refractivity contribution is 5.75. The Morgan fingerprint density at radius 1 is 1.16 bits per heavy atom. The molecule has 7 nitrogen and oxygen atoms in total. The molecule has 1 N–H and O–H groups in total. The van der Waals surface area contributed by atoms with Gasteiger partial charge < -0.3 is 15.1 Å². The summed E-state index contributed by atoms with van der Waals surface area (Å²) in [6.45, 7) is 5.08. The van der Waals surface area contributed by atoms with Gasteiger partial charge in [0.1, 0.15) is 0 Å². The number of anilines is 1. The molecule has 1 aromatic rings. The zero-order chi connectivity index (χ0) is 17.8. The van der Waals surface area contributed by atoms with Crippen LogP contribution in [0.5, 0.6) is 0 Å². The zero-order valence-corrected chi connectivity index (χ0v) is 14.7. The molecule has 25 heavy (non-hydrogen) atoms. The maximum atomic E-state index is 12.5. The molecular weight excluding hydrogens is 320 g/mol. The van der Waals surface area contributed by atoms with E-state index in [1.807, 2.05) is 4.90 Å². The van der Waals surface area contributed by atoms with E-state index in [1.165, 1.54) is 25.0 Å². The summed E-state index contributed by atoms with van der Waals surface area (Å²) in [5.41, 5.74) is 1.07. The van der Waals surface area contributed by atoms with Crippen molar-refractivity contribution in [2.45, 2.75) is 38.6 Å². The molecule has 2 aliphatic rings. The second-order valence-corrected chi connectivity index (χ2v) is 7.17. The molecule has 1 saturated carbocycles. The monoisotopic (exact) mass is 346 g/mol. The molecule has 1 saturated heterocycles. The van der Waals surface area contributed by atoms with Gasteiger partial charge in [0.2, 0.25) is 0 Å². The topological polar surface area (TPSA) is 78.7 Å². The average Bonchev–Trinajstić information content (AvgIpc) is 2.62. The third kappa shape index (κ3) is 4.41. The van der Waals surface area contributed by atoms with Gasteiger partial charge in [-0.2, -0.15) is 0 Å². The van der Waals surface area contributed by atoms with Gasteiger partial charge >= 0.3 is 6.03 Å². The van der Waals surface area contributed by atoms with Crippen LogP contribution in [0.25, 0.3) is 0 Å².